The largest absolute Gasteiger partial charge is 0.496 e. The van der Waals surface area contributed by atoms with Gasteiger partial charge in [0.1, 0.15) is 5.75 Å². The number of rotatable bonds is 5. The second-order valence-corrected chi connectivity index (χ2v) is 6.49. The first-order valence-electron chi connectivity index (χ1n) is 6.98. The summed E-state index contributed by atoms with van der Waals surface area (Å²) in [5, 5.41) is 3.54. The SMILES string of the molecule is COc1c(C)cnc(CC(C)CNC(C)(C)C)c1C. The number of nitrogens with zero attached hydrogens (tertiary/aromatic N) is 1. The Morgan fingerprint density at radius 1 is 1.32 bits per heavy atom. The molecule has 1 aromatic rings. The number of pyridine rings is 1. The molecule has 0 spiro atoms. The molecule has 1 unspecified atom stereocenters. The molecular formula is C16H28N2O. The fourth-order valence-electron chi connectivity index (χ4n) is 2.16. The highest BCUT2D eigenvalue weighted by Gasteiger charge is 2.15. The zero-order chi connectivity index (χ0) is 14.6. The van der Waals surface area contributed by atoms with Crippen LogP contribution in [-0.4, -0.2) is 24.2 Å². The van der Waals surface area contributed by atoms with Crippen LogP contribution in [-0.2, 0) is 6.42 Å². The van der Waals surface area contributed by atoms with Crippen molar-refractivity contribution in [1.82, 2.24) is 10.3 Å². The molecular weight excluding hydrogens is 236 g/mol. The summed E-state index contributed by atoms with van der Waals surface area (Å²) in [7, 11) is 1.73. The van der Waals surface area contributed by atoms with Gasteiger partial charge in [0.2, 0.25) is 0 Å². The van der Waals surface area contributed by atoms with Crippen LogP contribution in [0.15, 0.2) is 6.20 Å². The van der Waals surface area contributed by atoms with Gasteiger partial charge in [-0.15, -0.1) is 0 Å². The number of aryl methyl sites for hydroxylation is 1. The van der Waals surface area contributed by atoms with Gasteiger partial charge in [0, 0.05) is 28.6 Å². The Labute approximate surface area is 117 Å². The van der Waals surface area contributed by atoms with Crippen molar-refractivity contribution in [1.29, 1.82) is 0 Å². The monoisotopic (exact) mass is 264 g/mol. The van der Waals surface area contributed by atoms with Crippen LogP contribution in [0.3, 0.4) is 0 Å². The average molecular weight is 264 g/mol. The second kappa shape index (κ2) is 6.38. The number of nitrogens with one attached hydrogen (secondary N) is 1. The Morgan fingerprint density at radius 3 is 2.47 bits per heavy atom. The normalized spacial score (nSPS) is 13.4. The van der Waals surface area contributed by atoms with Crippen molar-refractivity contribution < 1.29 is 4.74 Å². The molecule has 1 aromatic heterocycles. The van der Waals surface area contributed by atoms with Gasteiger partial charge in [-0.3, -0.25) is 4.98 Å². The van der Waals surface area contributed by atoms with Crippen LogP contribution >= 0.6 is 0 Å². The van der Waals surface area contributed by atoms with E-state index in [9.17, 15) is 0 Å². The summed E-state index contributed by atoms with van der Waals surface area (Å²) < 4.78 is 5.46. The van der Waals surface area contributed by atoms with Crippen molar-refractivity contribution >= 4 is 0 Å². The molecule has 0 saturated carbocycles. The summed E-state index contributed by atoms with van der Waals surface area (Å²) in [6, 6.07) is 0. The molecule has 0 fully saturated rings. The van der Waals surface area contributed by atoms with E-state index in [4.69, 9.17) is 4.74 Å². The lowest BCUT2D eigenvalue weighted by atomic mass is 9.99. The van der Waals surface area contributed by atoms with E-state index in [1.54, 1.807) is 7.11 Å². The maximum absolute atomic E-state index is 5.46. The Hall–Kier alpha value is -1.09. The summed E-state index contributed by atoms with van der Waals surface area (Å²) in [5.74, 6) is 1.53. The van der Waals surface area contributed by atoms with Crippen LogP contribution in [0.5, 0.6) is 5.75 Å². The first-order valence-corrected chi connectivity index (χ1v) is 6.98. The van der Waals surface area contributed by atoms with Gasteiger partial charge in [-0.25, -0.2) is 0 Å². The standard InChI is InChI=1S/C16H28N2O/c1-11(9-18-16(4,5)6)8-14-13(3)15(19-7)12(2)10-17-14/h10-11,18H,8-9H2,1-7H3. The summed E-state index contributed by atoms with van der Waals surface area (Å²) >= 11 is 0. The molecule has 0 aromatic carbocycles. The van der Waals surface area contributed by atoms with Crippen molar-refractivity contribution in [3.63, 3.8) is 0 Å². The fourth-order valence-corrected chi connectivity index (χ4v) is 2.16. The molecule has 0 aliphatic heterocycles. The van der Waals surface area contributed by atoms with Gasteiger partial charge in [0.25, 0.3) is 0 Å². The highest BCUT2D eigenvalue weighted by atomic mass is 16.5. The molecule has 1 rings (SSSR count). The third-order valence-electron chi connectivity index (χ3n) is 3.27. The Balaban J connectivity index is 2.72. The van der Waals surface area contributed by atoms with E-state index in [0.29, 0.717) is 5.92 Å². The lowest BCUT2D eigenvalue weighted by Gasteiger charge is -2.23. The fraction of sp³-hybridized carbons (Fsp3) is 0.688. The summed E-state index contributed by atoms with van der Waals surface area (Å²) in [6.45, 7) is 14.0. The van der Waals surface area contributed by atoms with Crippen LogP contribution in [0.25, 0.3) is 0 Å². The van der Waals surface area contributed by atoms with Crippen molar-refractivity contribution in [2.24, 2.45) is 5.92 Å². The third kappa shape index (κ3) is 4.83. The van der Waals surface area contributed by atoms with E-state index in [-0.39, 0.29) is 5.54 Å². The Morgan fingerprint density at radius 2 is 1.95 bits per heavy atom. The van der Waals surface area contributed by atoms with E-state index < -0.39 is 0 Å². The molecule has 108 valence electrons. The lowest BCUT2D eigenvalue weighted by Crippen LogP contribution is -2.39. The van der Waals surface area contributed by atoms with Gasteiger partial charge >= 0.3 is 0 Å². The quantitative estimate of drug-likeness (QED) is 0.886. The van der Waals surface area contributed by atoms with E-state index in [1.165, 1.54) is 5.56 Å². The lowest BCUT2D eigenvalue weighted by molar-refractivity contribution is 0.378. The zero-order valence-electron chi connectivity index (χ0n) is 13.4. The topological polar surface area (TPSA) is 34.1 Å². The Bertz CT molecular complexity index is 421. The predicted molar refractivity (Wildman–Crippen MR) is 80.9 cm³/mol. The molecule has 1 atom stereocenters. The van der Waals surface area contributed by atoms with Crippen LogP contribution < -0.4 is 10.1 Å². The van der Waals surface area contributed by atoms with Gasteiger partial charge in [-0.05, 0) is 53.5 Å². The van der Waals surface area contributed by atoms with Crippen LogP contribution in [0.1, 0.15) is 44.5 Å². The molecule has 0 aliphatic carbocycles. The van der Waals surface area contributed by atoms with E-state index in [1.807, 2.05) is 13.1 Å². The number of ether oxygens (including phenoxy) is 1. The van der Waals surface area contributed by atoms with Crippen LogP contribution in [0, 0.1) is 19.8 Å². The highest BCUT2D eigenvalue weighted by molar-refractivity contribution is 5.41. The maximum atomic E-state index is 5.46. The molecule has 0 bridgehead atoms. The minimum absolute atomic E-state index is 0.168. The molecule has 0 radical (unpaired) electrons. The molecule has 0 saturated heterocycles. The molecule has 3 heteroatoms. The van der Waals surface area contributed by atoms with Crippen molar-refractivity contribution in [3.8, 4) is 5.75 Å². The van der Waals surface area contributed by atoms with E-state index in [2.05, 4.69) is 44.9 Å². The van der Waals surface area contributed by atoms with E-state index >= 15 is 0 Å². The zero-order valence-corrected chi connectivity index (χ0v) is 13.4. The van der Waals surface area contributed by atoms with Crippen LogP contribution in [0.2, 0.25) is 0 Å². The van der Waals surface area contributed by atoms with Gasteiger partial charge in [0.05, 0.1) is 7.11 Å². The minimum atomic E-state index is 0.168. The summed E-state index contributed by atoms with van der Waals surface area (Å²) in [4.78, 5) is 4.56. The summed E-state index contributed by atoms with van der Waals surface area (Å²) in [5.41, 5.74) is 3.59. The van der Waals surface area contributed by atoms with Gasteiger partial charge in [-0.2, -0.15) is 0 Å². The van der Waals surface area contributed by atoms with Gasteiger partial charge in [0.15, 0.2) is 0 Å². The highest BCUT2D eigenvalue weighted by Crippen LogP contribution is 2.25. The van der Waals surface area contributed by atoms with Gasteiger partial charge in [-0.1, -0.05) is 6.92 Å². The molecule has 1 heterocycles. The average Bonchev–Trinajstić information content (AvgIpc) is 2.30. The third-order valence-corrected chi connectivity index (χ3v) is 3.27. The van der Waals surface area contributed by atoms with Crippen LogP contribution in [0.4, 0.5) is 0 Å². The number of hydrogen-bond donors (Lipinski definition) is 1. The first kappa shape index (κ1) is 16.0. The molecule has 0 aliphatic rings. The smallest absolute Gasteiger partial charge is 0.128 e. The second-order valence-electron chi connectivity index (χ2n) is 6.49. The Kier molecular flexibility index (Phi) is 5.36. The van der Waals surface area contributed by atoms with Gasteiger partial charge < -0.3 is 10.1 Å². The summed E-state index contributed by atoms with van der Waals surface area (Å²) in [6.07, 6.45) is 2.89. The maximum Gasteiger partial charge on any atom is 0.128 e. The molecule has 0 amide bonds. The predicted octanol–water partition coefficient (Wildman–Crippen LogP) is 3.27. The minimum Gasteiger partial charge on any atom is -0.496 e. The van der Waals surface area contributed by atoms with Crippen molar-refractivity contribution in [3.05, 3.63) is 23.0 Å². The first-order chi connectivity index (χ1) is 8.74. The molecule has 1 N–H and O–H groups in total. The number of aromatic nitrogens is 1. The van der Waals surface area contributed by atoms with Crippen molar-refractivity contribution in [2.75, 3.05) is 13.7 Å². The number of hydrogen-bond acceptors (Lipinski definition) is 3. The molecule has 19 heavy (non-hydrogen) atoms. The van der Waals surface area contributed by atoms with E-state index in [0.717, 1.165) is 30.0 Å². The molecule has 3 nitrogen and oxygen atoms in total. The number of methoxy groups -OCH3 is 1. The van der Waals surface area contributed by atoms with Crippen molar-refractivity contribution in [2.45, 2.75) is 53.5 Å².